The highest BCUT2D eigenvalue weighted by molar-refractivity contribution is 6.42. The van der Waals surface area contributed by atoms with Crippen LogP contribution in [0.4, 0.5) is 5.82 Å². The van der Waals surface area contributed by atoms with Crippen molar-refractivity contribution in [3.05, 3.63) is 16.5 Å². The van der Waals surface area contributed by atoms with Crippen LogP contribution >= 0.6 is 23.2 Å². The molecule has 0 fully saturated rings. The Morgan fingerprint density at radius 2 is 1.85 bits per heavy atom. The summed E-state index contributed by atoms with van der Waals surface area (Å²) in [6.07, 6.45) is 1.42. The lowest BCUT2D eigenvalue weighted by molar-refractivity contribution is 0.841. The number of hydrogen-bond donors (Lipinski definition) is 0. The van der Waals surface area contributed by atoms with E-state index in [9.17, 15) is 0 Å². The Morgan fingerprint density at radius 3 is 2.38 bits per heavy atom. The molecule has 0 aliphatic heterocycles. The second-order valence-electron chi connectivity index (χ2n) is 2.47. The maximum Gasteiger partial charge on any atom is 0.153 e. The van der Waals surface area contributed by atoms with Crippen molar-refractivity contribution in [3.63, 3.8) is 0 Å². The Bertz CT molecular complexity index is 287. The van der Waals surface area contributed by atoms with Gasteiger partial charge in [-0.05, 0) is 13.8 Å². The van der Waals surface area contributed by atoms with Crippen molar-refractivity contribution >= 4 is 29.0 Å². The molecule has 0 unspecified atom stereocenters. The van der Waals surface area contributed by atoms with Crippen molar-refractivity contribution in [2.24, 2.45) is 0 Å². The number of rotatable bonds is 3. The number of aromatic nitrogens is 2. The van der Waals surface area contributed by atoms with Gasteiger partial charge in [0, 0.05) is 13.1 Å². The van der Waals surface area contributed by atoms with Gasteiger partial charge in [-0.25, -0.2) is 9.97 Å². The molecule has 0 aliphatic rings. The predicted molar refractivity (Wildman–Crippen MR) is 55.6 cm³/mol. The van der Waals surface area contributed by atoms with Crippen molar-refractivity contribution in [3.8, 4) is 0 Å². The van der Waals surface area contributed by atoms with E-state index in [0.717, 1.165) is 13.1 Å². The van der Waals surface area contributed by atoms with Crippen LogP contribution in [0.25, 0.3) is 0 Å². The largest absolute Gasteiger partial charge is 0.356 e. The first-order valence-corrected chi connectivity index (χ1v) is 4.87. The Balaban J connectivity index is 3.05. The van der Waals surface area contributed by atoms with Gasteiger partial charge in [0.15, 0.2) is 11.0 Å². The number of halogens is 2. The van der Waals surface area contributed by atoms with E-state index < -0.39 is 0 Å². The van der Waals surface area contributed by atoms with E-state index in [-0.39, 0.29) is 0 Å². The number of anilines is 1. The fourth-order valence-corrected chi connectivity index (χ4v) is 1.43. The fraction of sp³-hybridized carbons (Fsp3) is 0.500. The molecule has 0 spiro atoms. The molecule has 0 radical (unpaired) electrons. The van der Waals surface area contributed by atoms with Crippen molar-refractivity contribution in [1.82, 2.24) is 9.97 Å². The molecular formula is C8H11Cl2N3. The second-order valence-corrected chi connectivity index (χ2v) is 3.21. The molecule has 72 valence electrons. The van der Waals surface area contributed by atoms with Crippen molar-refractivity contribution < 1.29 is 0 Å². The smallest absolute Gasteiger partial charge is 0.153 e. The summed E-state index contributed by atoms with van der Waals surface area (Å²) in [7, 11) is 0. The quantitative estimate of drug-likeness (QED) is 0.733. The van der Waals surface area contributed by atoms with Crippen LogP contribution in [0.3, 0.4) is 0 Å². The summed E-state index contributed by atoms with van der Waals surface area (Å²) in [4.78, 5) is 9.89. The number of hydrogen-bond acceptors (Lipinski definition) is 3. The maximum atomic E-state index is 5.95. The van der Waals surface area contributed by atoms with Crippen LogP contribution in [0, 0.1) is 0 Å². The third-order valence-electron chi connectivity index (χ3n) is 1.79. The molecule has 0 atom stereocenters. The van der Waals surface area contributed by atoms with Gasteiger partial charge in [0.05, 0.1) is 0 Å². The minimum Gasteiger partial charge on any atom is -0.356 e. The van der Waals surface area contributed by atoms with E-state index in [4.69, 9.17) is 23.2 Å². The normalized spacial score (nSPS) is 10.2. The highest BCUT2D eigenvalue weighted by Gasteiger charge is 2.11. The van der Waals surface area contributed by atoms with Crippen molar-refractivity contribution in [2.75, 3.05) is 18.0 Å². The van der Waals surface area contributed by atoms with E-state index in [1.807, 2.05) is 18.7 Å². The minimum absolute atomic E-state index is 0.304. The van der Waals surface area contributed by atoms with Gasteiger partial charge in [-0.15, -0.1) is 0 Å². The Hall–Kier alpha value is -0.540. The first-order chi connectivity index (χ1) is 6.20. The zero-order valence-corrected chi connectivity index (χ0v) is 9.10. The molecule has 0 aliphatic carbocycles. The van der Waals surface area contributed by atoms with E-state index in [2.05, 4.69) is 9.97 Å². The van der Waals surface area contributed by atoms with Crippen LogP contribution in [-0.2, 0) is 0 Å². The Labute approximate surface area is 87.7 Å². The van der Waals surface area contributed by atoms with E-state index in [1.165, 1.54) is 6.33 Å². The first kappa shape index (κ1) is 10.5. The zero-order valence-electron chi connectivity index (χ0n) is 7.59. The Kier molecular flexibility index (Phi) is 3.75. The molecule has 0 aromatic carbocycles. The molecule has 0 amide bonds. The third-order valence-corrected chi connectivity index (χ3v) is 2.52. The lowest BCUT2D eigenvalue weighted by Crippen LogP contribution is -2.23. The molecule has 5 heteroatoms. The summed E-state index contributed by atoms with van der Waals surface area (Å²) < 4.78 is 0. The van der Waals surface area contributed by atoms with Crippen molar-refractivity contribution in [1.29, 1.82) is 0 Å². The molecule has 1 heterocycles. The van der Waals surface area contributed by atoms with E-state index in [1.54, 1.807) is 0 Å². The predicted octanol–water partition coefficient (Wildman–Crippen LogP) is 2.63. The summed E-state index contributed by atoms with van der Waals surface area (Å²) in [5.74, 6) is 0.701. The van der Waals surface area contributed by atoms with Crippen molar-refractivity contribution in [2.45, 2.75) is 13.8 Å². The molecule has 1 rings (SSSR count). The monoisotopic (exact) mass is 219 g/mol. The fourth-order valence-electron chi connectivity index (χ4n) is 1.08. The van der Waals surface area contributed by atoms with Gasteiger partial charge in [0.25, 0.3) is 0 Å². The summed E-state index contributed by atoms with van der Waals surface area (Å²) in [6, 6.07) is 0. The SMILES string of the molecule is CCN(CC)c1ncnc(Cl)c1Cl. The third kappa shape index (κ3) is 2.23. The Morgan fingerprint density at radius 1 is 1.23 bits per heavy atom. The van der Waals surface area contributed by atoms with E-state index >= 15 is 0 Å². The van der Waals surface area contributed by atoms with Gasteiger partial charge in [-0.1, -0.05) is 23.2 Å². The molecule has 0 bridgehead atoms. The lowest BCUT2D eigenvalue weighted by Gasteiger charge is -2.20. The molecule has 1 aromatic heterocycles. The van der Waals surface area contributed by atoms with Crippen LogP contribution in [0.5, 0.6) is 0 Å². The van der Waals surface area contributed by atoms with Crippen LogP contribution in [0.2, 0.25) is 10.2 Å². The van der Waals surface area contributed by atoms with Gasteiger partial charge < -0.3 is 4.90 Å². The van der Waals surface area contributed by atoms with Gasteiger partial charge >= 0.3 is 0 Å². The van der Waals surface area contributed by atoms with Crippen LogP contribution in [0.15, 0.2) is 6.33 Å². The average Bonchev–Trinajstić information content (AvgIpc) is 2.14. The molecule has 1 aromatic rings. The second kappa shape index (κ2) is 4.63. The molecule has 0 N–H and O–H groups in total. The van der Waals surface area contributed by atoms with Gasteiger partial charge in [0.1, 0.15) is 11.3 Å². The zero-order chi connectivity index (χ0) is 9.84. The lowest BCUT2D eigenvalue weighted by atomic mass is 10.4. The summed E-state index contributed by atoms with van der Waals surface area (Å²) >= 11 is 11.7. The molecular weight excluding hydrogens is 209 g/mol. The standard InChI is InChI=1S/C8H11Cl2N3/c1-3-13(4-2)8-6(9)7(10)11-5-12-8/h5H,3-4H2,1-2H3. The average molecular weight is 220 g/mol. The van der Waals surface area contributed by atoms with Crippen LogP contribution < -0.4 is 4.90 Å². The maximum absolute atomic E-state index is 5.95. The van der Waals surface area contributed by atoms with Crippen LogP contribution in [0.1, 0.15) is 13.8 Å². The molecule has 13 heavy (non-hydrogen) atoms. The van der Waals surface area contributed by atoms with E-state index in [0.29, 0.717) is 16.0 Å². The van der Waals surface area contributed by atoms with Gasteiger partial charge in [-0.2, -0.15) is 0 Å². The molecule has 3 nitrogen and oxygen atoms in total. The highest BCUT2D eigenvalue weighted by atomic mass is 35.5. The van der Waals surface area contributed by atoms with Gasteiger partial charge in [-0.3, -0.25) is 0 Å². The van der Waals surface area contributed by atoms with Crippen LogP contribution in [-0.4, -0.2) is 23.1 Å². The first-order valence-electron chi connectivity index (χ1n) is 4.11. The topological polar surface area (TPSA) is 29.0 Å². The number of nitrogens with zero attached hydrogens (tertiary/aromatic N) is 3. The molecule has 0 saturated heterocycles. The summed E-state index contributed by atoms with van der Waals surface area (Å²) in [5.41, 5.74) is 0. The minimum atomic E-state index is 0.304. The molecule has 0 saturated carbocycles. The summed E-state index contributed by atoms with van der Waals surface area (Å²) in [6.45, 7) is 5.78. The van der Waals surface area contributed by atoms with Gasteiger partial charge in [0.2, 0.25) is 0 Å². The highest BCUT2D eigenvalue weighted by Crippen LogP contribution is 2.27. The summed E-state index contributed by atoms with van der Waals surface area (Å²) in [5, 5.41) is 0.728.